The first-order valence-electron chi connectivity index (χ1n) is 5.62. The van der Waals surface area contributed by atoms with E-state index in [0.29, 0.717) is 23.3 Å². The van der Waals surface area contributed by atoms with E-state index in [-0.39, 0.29) is 6.42 Å². The van der Waals surface area contributed by atoms with Gasteiger partial charge in [0, 0.05) is 6.42 Å². The summed E-state index contributed by atoms with van der Waals surface area (Å²) in [7, 11) is -0.659. The van der Waals surface area contributed by atoms with Crippen LogP contribution in [0.5, 0.6) is 0 Å². The maximum atomic E-state index is 11.0. The van der Waals surface area contributed by atoms with Gasteiger partial charge in [0.1, 0.15) is 16.5 Å². The lowest BCUT2D eigenvalue weighted by atomic mass is 10.1. The van der Waals surface area contributed by atoms with E-state index >= 15 is 0 Å². The second-order valence-electron chi connectivity index (χ2n) is 3.70. The third-order valence-electron chi connectivity index (χ3n) is 2.24. The molecule has 0 aromatic carbocycles. The van der Waals surface area contributed by atoms with Gasteiger partial charge in [-0.15, -0.1) is 0 Å². The smallest absolute Gasteiger partial charge is 0.320 e. The SMILES string of the molecule is CCC[Si](NC(CCCC(=O)O)C(=O)O)O[SiH3]. The molecular formula is C9H20NO5Si2. The quantitative estimate of drug-likeness (QED) is 0.465. The normalized spacial score (nSPS) is 12.8. The van der Waals surface area contributed by atoms with E-state index < -0.39 is 27.2 Å². The van der Waals surface area contributed by atoms with Crippen molar-refractivity contribution in [3.63, 3.8) is 0 Å². The summed E-state index contributed by atoms with van der Waals surface area (Å²) in [4.78, 5) is 24.3. The molecule has 0 spiro atoms. The average molecular weight is 278 g/mol. The van der Waals surface area contributed by atoms with Crippen LogP contribution in [0.1, 0.15) is 32.6 Å². The highest BCUT2D eigenvalue weighted by Crippen LogP contribution is 2.04. The van der Waals surface area contributed by atoms with Crippen molar-refractivity contribution in [1.29, 1.82) is 0 Å². The predicted octanol–water partition coefficient (Wildman–Crippen LogP) is -0.521. The number of hydrogen-bond donors (Lipinski definition) is 3. The summed E-state index contributed by atoms with van der Waals surface area (Å²) in [6.07, 6.45) is 1.64. The fourth-order valence-corrected chi connectivity index (χ4v) is 3.91. The molecule has 0 bridgehead atoms. The van der Waals surface area contributed by atoms with Crippen LogP contribution >= 0.6 is 0 Å². The van der Waals surface area contributed by atoms with Gasteiger partial charge in [0.15, 0.2) is 0 Å². The number of carbonyl (C=O) groups is 2. The summed E-state index contributed by atoms with van der Waals surface area (Å²) < 4.78 is 5.35. The van der Waals surface area contributed by atoms with Crippen molar-refractivity contribution in [2.75, 3.05) is 0 Å². The largest absolute Gasteiger partial charge is 0.481 e. The molecule has 0 aliphatic rings. The molecule has 0 rings (SSSR count). The van der Waals surface area contributed by atoms with Gasteiger partial charge in [-0.2, -0.15) is 0 Å². The minimum absolute atomic E-state index is 0.00302. The second kappa shape index (κ2) is 9.34. The van der Waals surface area contributed by atoms with Crippen LogP contribution in [0.4, 0.5) is 0 Å². The van der Waals surface area contributed by atoms with Crippen LogP contribution in [0.25, 0.3) is 0 Å². The first kappa shape index (κ1) is 16.3. The fraction of sp³-hybridized carbons (Fsp3) is 0.778. The number of hydrogen-bond acceptors (Lipinski definition) is 4. The number of nitrogens with one attached hydrogen (secondary N) is 1. The maximum absolute atomic E-state index is 11.0. The Morgan fingerprint density at radius 1 is 1.47 bits per heavy atom. The standard InChI is InChI=1S/C9H20NO5Si2/c1-2-6-17(15-16)10-7(9(13)14)4-3-5-8(11)12/h7,10H,2-6H2,1,16H3,(H,11,12)(H,13,14). The molecule has 0 aromatic heterocycles. The molecular weight excluding hydrogens is 258 g/mol. The fourth-order valence-electron chi connectivity index (χ4n) is 1.37. The highest BCUT2D eigenvalue weighted by molar-refractivity contribution is 6.53. The molecule has 6 nitrogen and oxygen atoms in total. The van der Waals surface area contributed by atoms with Crippen molar-refractivity contribution in [2.24, 2.45) is 0 Å². The van der Waals surface area contributed by atoms with Crippen LogP contribution in [0.15, 0.2) is 0 Å². The molecule has 0 heterocycles. The molecule has 0 saturated heterocycles. The van der Waals surface area contributed by atoms with Crippen LogP contribution in [0.2, 0.25) is 6.04 Å². The first-order valence-corrected chi connectivity index (χ1v) is 8.05. The van der Waals surface area contributed by atoms with Crippen molar-refractivity contribution >= 4 is 31.6 Å². The Morgan fingerprint density at radius 2 is 2.12 bits per heavy atom. The summed E-state index contributed by atoms with van der Waals surface area (Å²) in [6.45, 7) is 2.02. The van der Waals surface area contributed by atoms with E-state index in [4.69, 9.17) is 14.3 Å². The van der Waals surface area contributed by atoms with Gasteiger partial charge in [0.2, 0.25) is 0 Å². The molecule has 8 heteroatoms. The maximum Gasteiger partial charge on any atom is 0.320 e. The monoisotopic (exact) mass is 278 g/mol. The molecule has 1 atom stereocenters. The van der Waals surface area contributed by atoms with Crippen molar-refractivity contribution < 1.29 is 23.9 Å². The van der Waals surface area contributed by atoms with Gasteiger partial charge in [0.25, 0.3) is 9.20 Å². The summed E-state index contributed by atoms with van der Waals surface area (Å²) in [5.41, 5.74) is 0. The first-order chi connectivity index (χ1) is 8.01. The zero-order valence-electron chi connectivity index (χ0n) is 10.2. The van der Waals surface area contributed by atoms with Crippen LogP contribution in [-0.4, -0.2) is 47.9 Å². The Labute approximate surface area is 106 Å². The molecule has 3 N–H and O–H groups in total. The molecule has 1 radical (unpaired) electrons. The van der Waals surface area contributed by atoms with E-state index in [1.54, 1.807) is 0 Å². The average Bonchev–Trinajstić information content (AvgIpc) is 2.25. The highest BCUT2D eigenvalue weighted by Gasteiger charge is 2.22. The van der Waals surface area contributed by atoms with Gasteiger partial charge in [-0.1, -0.05) is 13.3 Å². The van der Waals surface area contributed by atoms with E-state index in [1.807, 2.05) is 6.92 Å². The minimum atomic E-state index is -1.24. The molecule has 0 saturated carbocycles. The Bertz CT molecular complexity index is 252. The van der Waals surface area contributed by atoms with Gasteiger partial charge in [-0.3, -0.25) is 9.59 Å². The zero-order valence-corrected chi connectivity index (χ0v) is 13.2. The highest BCUT2D eigenvalue weighted by atomic mass is 28.3. The van der Waals surface area contributed by atoms with E-state index in [1.165, 1.54) is 0 Å². The molecule has 0 amide bonds. The zero-order chi connectivity index (χ0) is 13.3. The summed E-state index contributed by atoms with van der Waals surface area (Å²) in [5.74, 6) is -1.83. The van der Waals surface area contributed by atoms with Crippen molar-refractivity contribution in [2.45, 2.75) is 44.7 Å². The predicted molar refractivity (Wildman–Crippen MR) is 67.9 cm³/mol. The van der Waals surface area contributed by atoms with Gasteiger partial charge in [-0.25, -0.2) is 0 Å². The van der Waals surface area contributed by atoms with Crippen molar-refractivity contribution in [3.05, 3.63) is 0 Å². The molecule has 1 unspecified atom stereocenters. The topological polar surface area (TPSA) is 95.9 Å². The van der Waals surface area contributed by atoms with Gasteiger partial charge < -0.3 is 19.3 Å². The Hall–Kier alpha value is -0.706. The van der Waals surface area contributed by atoms with Gasteiger partial charge in [-0.05, 0) is 18.9 Å². The van der Waals surface area contributed by atoms with Crippen LogP contribution in [0, 0.1) is 0 Å². The van der Waals surface area contributed by atoms with Crippen LogP contribution in [0.3, 0.4) is 0 Å². The van der Waals surface area contributed by atoms with E-state index in [2.05, 4.69) is 4.98 Å². The number of aliphatic carboxylic acids is 2. The summed E-state index contributed by atoms with van der Waals surface area (Å²) in [5, 5.41) is 17.5. The number of carboxylic acids is 2. The third-order valence-corrected chi connectivity index (χ3v) is 5.84. The van der Waals surface area contributed by atoms with E-state index in [9.17, 15) is 9.59 Å². The molecule has 0 aromatic rings. The number of rotatable bonds is 10. The minimum Gasteiger partial charge on any atom is -0.481 e. The van der Waals surface area contributed by atoms with Crippen molar-refractivity contribution in [1.82, 2.24) is 4.98 Å². The van der Waals surface area contributed by atoms with Gasteiger partial charge in [0.05, 0.1) is 0 Å². The molecule has 0 fully saturated rings. The lowest BCUT2D eigenvalue weighted by Gasteiger charge is -2.19. The van der Waals surface area contributed by atoms with E-state index in [0.717, 1.165) is 12.5 Å². The third kappa shape index (κ3) is 8.08. The second-order valence-corrected chi connectivity index (χ2v) is 6.97. The summed E-state index contributed by atoms with van der Waals surface area (Å²) in [6, 6.07) is 0.167. The van der Waals surface area contributed by atoms with Gasteiger partial charge >= 0.3 is 11.9 Å². The lowest BCUT2D eigenvalue weighted by molar-refractivity contribution is -0.140. The molecule has 0 aliphatic heterocycles. The van der Waals surface area contributed by atoms with Crippen LogP contribution in [-0.2, 0) is 13.7 Å². The Morgan fingerprint density at radius 3 is 2.53 bits per heavy atom. The summed E-state index contributed by atoms with van der Waals surface area (Å²) >= 11 is 0. The van der Waals surface area contributed by atoms with Crippen LogP contribution < -0.4 is 4.98 Å². The Kier molecular flexibility index (Phi) is 8.95. The lowest BCUT2D eigenvalue weighted by Crippen LogP contribution is -2.47. The molecule has 99 valence electrons. The number of carboxylic acid groups (broad SMARTS) is 2. The Balaban J connectivity index is 4.12. The molecule has 0 aliphatic carbocycles. The van der Waals surface area contributed by atoms with Crippen molar-refractivity contribution in [3.8, 4) is 0 Å². The molecule has 17 heavy (non-hydrogen) atoms.